The molecule has 1 aliphatic heterocycles. The molecular weight excluding hydrogens is 288 g/mol. The quantitative estimate of drug-likeness (QED) is 0.906. The van der Waals surface area contributed by atoms with Crippen LogP contribution in [0.3, 0.4) is 0 Å². The maximum absolute atomic E-state index is 12.1. The summed E-state index contributed by atoms with van der Waals surface area (Å²) in [7, 11) is 0. The molecule has 23 heavy (non-hydrogen) atoms. The smallest absolute Gasteiger partial charge is 0.321 e. The minimum absolute atomic E-state index is 0.00939. The maximum Gasteiger partial charge on any atom is 0.321 e. The lowest BCUT2D eigenvalue weighted by molar-refractivity contribution is 0.107. The van der Waals surface area contributed by atoms with Gasteiger partial charge in [-0.1, -0.05) is 42.5 Å². The number of likely N-dealkylation sites (tertiary alicyclic amines) is 1. The third kappa shape index (κ3) is 4.57. The van der Waals surface area contributed by atoms with Crippen molar-refractivity contribution in [3.05, 3.63) is 65.7 Å². The van der Waals surface area contributed by atoms with Gasteiger partial charge in [0, 0.05) is 18.8 Å². The Morgan fingerprint density at radius 1 is 0.957 bits per heavy atom. The molecule has 0 spiro atoms. The van der Waals surface area contributed by atoms with Gasteiger partial charge in [-0.15, -0.1) is 0 Å². The monoisotopic (exact) mass is 310 g/mol. The summed E-state index contributed by atoms with van der Waals surface area (Å²) in [5.74, 6) is 0. The molecule has 4 nitrogen and oxygen atoms in total. The molecule has 1 saturated heterocycles. The summed E-state index contributed by atoms with van der Waals surface area (Å²) in [6, 6.07) is 17.9. The lowest BCUT2D eigenvalue weighted by Crippen LogP contribution is -2.32. The Hall–Kier alpha value is -2.33. The van der Waals surface area contributed by atoms with E-state index in [9.17, 15) is 4.79 Å². The highest BCUT2D eigenvalue weighted by Crippen LogP contribution is 2.15. The van der Waals surface area contributed by atoms with Gasteiger partial charge in [-0.3, -0.25) is 0 Å². The topological polar surface area (TPSA) is 41.6 Å². The van der Waals surface area contributed by atoms with Gasteiger partial charge in [-0.05, 0) is 36.1 Å². The molecule has 0 aliphatic carbocycles. The molecule has 1 N–H and O–H groups in total. The summed E-state index contributed by atoms with van der Waals surface area (Å²) in [6.45, 7) is 2.82. The Kier molecular flexibility index (Phi) is 5.27. The van der Waals surface area contributed by atoms with Gasteiger partial charge in [0.05, 0.1) is 13.2 Å². The van der Waals surface area contributed by atoms with Gasteiger partial charge in [0.1, 0.15) is 0 Å². The first-order valence-corrected chi connectivity index (χ1v) is 8.08. The molecule has 1 fully saturated rings. The third-order valence-corrected chi connectivity index (χ3v) is 3.95. The van der Waals surface area contributed by atoms with Crippen LogP contribution in [0.15, 0.2) is 54.6 Å². The van der Waals surface area contributed by atoms with Crippen LogP contribution in [0.2, 0.25) is 0 Å². The first-order valence-electron chi connectivity index (χ1n) is 8.08. The van der Waals surface area contributed by atoms with E-state index in [1.807, 2.05) is 59.5 Å². The fourth-order valence-corrected chi connectivity index (χ4v) is 2.72. The van der Waals surface area contributed by atoms with Crippen LogP contribution in [-0.2, 0) is 18.0 Å². The Bertz CT molecular complexity index is 637. The largest absolute Gasteiger partial charge is 0.372 e. The van der Waals surface area contributed by atoms with Crippen molar-refractivity contribution < 1.29 is 9.53 Å². The van der Waals surface area contributed by atoms with Gasteiger partial charge in [-0.25, -0.2) is 4.79 Å². The normalized spacial score (nSPS) is 14.0. The van der Waals surface area contributed by atoms with Crippen molar-refractivity contribution in [3.63, 3.8) is 0 Å². The van der Waals surface area contributed by atoms with Crippen LogP contribution in [0.4, 0.5) is 10.5 Å². The van der Waals surface area contributed by atoms with Crippen LogP contribution < -0.4 is 5.32 Å². The summed E-state index contributed by atoms with van der Waals surface area (Å²) < 4.78 is 5.74. The van der Waals surface area contributed by atoms with Gasteiger partial charge in [0.25, 0.3) is 0 Å². The van der Waals surface area contributed by atoms with Gasteiger partial charge in [0.2, 0.25) is 0 Å². The van der Waals surface area contributed by atoms with Crippen molar-refractivity contribution in [1.82, 2.24) is 4.90 Å². The Morgan fingerprint density at radius 2 is 1.65 bits per heavy atom. The second kappa shape index (κ2) is 7.79. The number of carbonyl (C=O) groups excluding carboxylic acids is 1. The molecule has 120 valence electrons. The molecule has 4 heteroatoms. The van der Waals surface area contributed by atoms with E-state index in [-0.39, 0.29) is 6.03 Å². The predicted octanol–water partition coefficient (Wildman–Crippen LogP) is 4.03. The van der Waals surface area contributed by atoms with Crippen molar-refractivity contribution in [2.24, 2.45) is 0 Å². The number of rotatable bonds is 5. The third-order valence-electron chi connectivity index (χ3n) is 3.95. The SMILES string of the molecule is O=C(Nc1cccc(COCc2ccccc2)c1)N1CCCC1. The average molecular weight is 310 g/mol. The fourth-order valence-electron chi connectivity index (χ4n) is 2.72. The summed E-state index contributed by atoms with van der Waals surface area (Å²) in [5.41, 5.74) is 3.04. The van der Waals surface area contributed by atoms with Gasteiger partial charge >= 0.3 is 6.03 Å². The van der Waals surface area contributed by atoms with Crippen LogP contribution in [0, 0.1) is 0 Å². The van der Waals surface area contributed by atoms with E-state index in [1.165, 1.54) is 0 Å². The number of carbonyl (C=O) groups is 1. The highest BCUT2D eigenvalue weighted by atomic mass is 16.5. The van der Waals surface area contributed by atoms with Crippen LogP contribution >= 0.6 is 0 Å². The lowest BCUT2D eigenvalue weighted by atomic mass is 10.2. The van der Waals surface area contributed by atoms with Crippen molar-refractivity contribution >= 4 is 11.7 Å². The van der Waals surface area contributed by atoms with Crippen LogP contribution in [-0.4, -0.2) is 24.0 Å². The molecule has 2 aromatic rings. The number of nitrogens with zero attached hydrogens (tertiary/aromatic N) is 1. The van der Waals surface area contributed by atoms with E-state index >= 15 is 0 Å². The van der Waals surface area contributed by atoms with Crippen molar-refractivity contribution in [2.75, 3.05) is 18.4 Å². The standard InChI is InChI=1S/C19H22N2O2/c22-19(21-11-4-5-12-21)20-18-10-6-9-17(13-18)15-23-14-16-7-2-1-3-8-16/h1-3,6-10,13H,4-5,11-12,14-15H2,(H,20,22). The number of nitrogens with one attached hydrogen (secondary N) is 1. The molecule has 0 saturated carbocycles. The van der Waals surface area contributed by atoms with E-state index in [1.54, 1.807) is 0 Å². The molecule has 0 unspecified atom stereocenters. The zero-order chi connectivity index (χ0) is 15.9. The predicted molar refractivity (Wildman–Crippen MR) is 91.2 cm³/mol. The molecule has 0 atom stereocenters. The van der Waals surface area contributed by atoms with Gasteiger partial charge in [0.15, 0.2) is 0 Å². The first kappa shape index (κ1) is 15.6. The zero-order valence-corrected chi connectivity index (χ0v) is 13.2. The number of anilines is 1. The molecule has 2 aromatic carbocycles. The molecule has 1 heterocycles. The second-order valence-corrected chi connectivity index (χ2v) is 5.80. The minimum Gasteiger partial charge on any atom is -0.372 e. The van der Waals surface area contributed by atoms with Crippen molar-refractivity contribution in [2.45, 2.75) is 26.1 Å². The molecule has 0 radical (unpaired) electrons. The highest BCUT2D eigenvalue weighted by molar-refractivity contribution is 5.89. The maximum atomic E-state index is 12.1. The van der Waals surface area contributed by atoms with E-state index in [4.69, 9.17) is 4.74 Å². The van der Waals surface area contributed by atoms with Crippen LogP contribution in [0.1, 0.15) is 24.0 Å². The molecule has 2 amide bonds. The zero-order valence-electron chi connectivity index (χ0n) is 13.2. The summed E-state index contributed by atoms with van der Waals surface area (Å²) in [4.78, 5) is 14.0. The van der Waals surface area contributed by atoms with E-state index in [0.29, 0.717) is 13.2 Å². The molecule has 0 bridgehead atoms. The number of hydrogen-bond acceptors (Lipinski definition) is 2. The molecular formula is C19H22N2O2. The number of ether oxygens (including phenoxy) is 1. The second-order valence-electron chi connectivity index (χ2n) is 5.80. The summed E-state index contributed by atoms with van der Waals surface area (Å²) in [6.07, 6.45) is 2.20. The van der Waals surface area contributed by atoms with E-state index in [2.05, 4.69) is 5.32 Å². The summed E-state index contributed by atoms with van der Waals surface area (Å²) >= 11 is 0. The first-order chi connectivity index (χ1) is 11.3. The Balaban J connectivity index is 1.51. The average Bonchev–Trinajstić information content (AvgIpc) is 3.11. The van der Waals surface area contributed by atoms with Gasteiger partial charge in [-0.2, -0.15) is 0 Å². The van der Waals surface area contributed by atoms with Gasteiger partial charge < -0.3 is 15.0 Å². The number of hydrogen-bond donors (Lipinski definition) is 1. The fraction of sp³-hybridized carbons (Fsp3) is 0.316. The lowest BCUT2D eigenvalue weighted by Gasteiger charge is -2.16. The number of urea groups is 1. The number of benzene rings is 2. The minimum atomic E-state index is -0.00939. The Morgan fingerprint density at radius 3 is 2.43 bits per heavy atom. The summed E-state index contributed by atoms with van der Waals surface area (Å²) in [5, 5.41) is 2.96. The van der Waals surface area contributed by atoms with Crippen molar-refractivity contribution in [3.8, 4) is 0 Å². The van der Waals surface area contributed by atoms with Crippen molar-refractivity contribution in [1.29, 1.82) is 0 Å². The molecule has 0 aromatic heterocycles. The molecule has 1 aliphatic rings. The van der Waals surface area contributed by atoms with Crippen LogP contribution in [0.5, 0.6) is 0 Å². The Labute approximate surface area is 137 Å². The van der Waals surface area contributed by atoms with E-state index in [0.717, 1.165) is 42.7 Å². The molecule has 3 rings (SSSR count). The van der Waals surface area contributed by atoms with E-state index < -0.39 is 0 Å². The number of amides is 2. The highest BCUT2D eigenvalue weighted by Gasteiger charge is 2.17. The van der Waals surface area contributed by atoms with Crippen LogP contribution in [0.25, 0.3) is 0 Å².